The lowest BCUT2D eigenvalue weighted by Gasteiger charge is -2.25. The molecular weight excluding hydrogens is 172 g/mol. The highest BCUT2D eigenvalue weighted by Crippen LogP contribution is 2.40. The van der Waals surface area contributed by atoms with Gasteiger partial charge in [0.05, 0.1) is 0 Å². The molecule has 2 aliphatic rings. The van der Waals surface area contributed by atoms with E-state index in [1.165, 1.54) is 25.8 Å². The maximum Gasteiger partial charge on any atom is 0.0206 e. The van der Waals surface area contributed by atoms with Crippen LogP contribution in [-0.2, 0) is 0 Å². The Hall–Kier alpha value is -0.0800. The molecule has 2 heteroatoms. The largest absolute Gasteiger partial charge is 0.326 e. The highest BCUT2D eigenvalue weighted by molar-refractivity contribution is 4.93. The molecule has 2 N–H and O–H groups in total. The van der Waals surface area contributed by atoms with E-state index in [-0.39, 0.29) is 0 Å². The van der Waals surface area contributed by atoms with Crippen molar-refractivity contribution >= 4 is 0 Å². The maximum absolute atomic E-state index is 6.06. The Kier molecular flexibility index (Phi) is 2.61. The van der Waals surface area contributed by atoms with Crippen molar-refractivity contribution in [1.82, 2.24) is 4.90 Å². The van der Waals surface area contributed by atoms with Gasteiger partial charge in [0.1, 0.15) is 0 Å². The average Bonchev–Trinajstić information content (AvgIpc) is 2.57. The number of rotatable bonds is 1. The van der Waals surface area contributed by atoms with Crippen molar-refractivity contribution < 1.29 is 0 Å². The average molecular weight is 196 g/mol. The minimum atomic E-state index is 0.415. The molecule has 1 saturated heterocycles. The molecule has 0 aromatic rings. The smallest absolute Gasteiger partial charge is 0.0206 e. The summed E-state index contributed by atoms with van der Waals surface area (Å²) in [6.45, 7) is 9.42. The second kappa shape index (κ2) is 3.49. The number of nitrogens with two attached hydrogens (primary N) is 1. The van der Waals surface area contributed by atoms with E-state index in [4.69, 9.17) is 5.73 Å². The molecule has 0 spiro atoms. The van der Waals surface area contributed by atoms with Crippen molar-refractivity contribution in [2.75, 3.05) is 13.1 Å². The van der Waals surface area contributed by atoms with Gasteiger partial charge in [-0.2, -0.15) is 0 Å². The molecule has 1 aliphatic carbocycles. The number of nitrogens with zero attached hydrogens (tertiary/aromatic N) is 1. The summed E-state index contributed by atoms with van der Waals surface area (Å²) in [4.78, 5) is 2.63. The second-order valence-electron chi connectivity index (χ2n) is 6.16. The number of likely N-dealkylation sites (tertiary alicyclic amines) is 1. The summed E-state index contributed by atoms with van der Waals surface area (Å²) in [7, 11) is 0. The van der Waals surface area contributed by atoms with Crippen LogP contribution >= 0.6 is 0 Å². The Balaban J connectivity index is 1.92. The van der Waals surface area contributed by atoms with Gasteiger partial charge in [0.15, 0.2) is 0 Å². The van der Waals surface area contributed by atoms with E-state index in [9.17, 15) is 0 Å². The van der Waals surface area contributed by atoms with Crippen LogP contribution in [0.15, 0.2) is 0 Å². The van der Waals surface area contributed by atoms with Crippen molar-refractivity contribution in [3.63, 3.8) is 0 Å². The number of hydrogen-bond donors (Lipinski definition) is 1. The SMILES string of the molecule is CC1CN(C2CCC(C)(C)C2)CC1N. The van der Waals surface area contributed by atoms with Crippen molar-refractivity contribution in [3.8, 4) is 0 Å². The molecule has 0 bridgehead atoms. The minimum Gasteiger partial charge on any atom is -0.326 e. The third-order valence-corrected chi connectivity index (χ3v) is 4.16. The molecule has 1 heterocycles. The van der Waals surface area contributed by atoms with Crippen molar-refractivity contribution in [2.24, 2.45) is 17.1 Å². The zero-order valence-corrected chi connectivity index (χ0v) is 9.79. The topological polar surface area (TPSA) is 29.3 Å². The third-order valence-electron chi connectivity index (χ3n) is 4.16. The van der Waals surface area contributed by atoms with E-state index < -0.39 is 0 Å². The summed E-state index contributed by atoms with van der Waals surface area (Å²) in [5.74, 6) is 0.693. The minimum absolute atomic E-state index is 0.415. The summed E-state index contributed by atoms with van der Waals surface area (Å²) >= 11 is 0. The molecule has 1 aliphatic heterocycles. The molecule has 14 heavy (non-hydrogen) atoms. The summed E-state index contributed by atoms with van der Waals surface area (Å²) < 4.78 is 0. The highest BCUT2D eigenvalue weighted by atomic mass is 15.2. The Morgan fingerprint density at radius 2 is 2.00 bits per heavy atom. The predicted octanol–water partition coefficient (Wildman–Crippen LogP) is 1.84. The fraction of sp³-hybridized carbons (Fsp3) is 1.00. The normalized spacial score (nSPS) is 43.3. The predicted molar refractivity (Wildman–Crippen MR) is 60.1 cm³/mol. The first-order valence-electron chi connectivity index (χ1n) is 5.97. The van der Waals surface area contributed by atoms with Crippen LogP contribution in [-0.4, -0.2) is 30.1 Å². The molecule has 0 aromatic heterocycles. The third kappa shape index (κ3) is 1.96. The molecule has 2 nitrogen and oxygen atoms in total. The fourth-order valence-corrected chi connectivity index (χ4v) is 3.04. The Bertz CT molecular complexity index is 202. The van der Waals surface area contributed by atoms with E-state index in [0.717, 1.165) is 12.6 Å². The lowest BCUT2D eigenvalue weighted by molar-refractivity contribution is 0.220. The summed E-state index contributed by atoms with van der Waals surface area (Å²) in [5, 5.41) is 0. The Morgan fingerprint density at radius 1 is 1.29 bits per heavy atom. The van der Waals surface area contributed by atoms with Crippen LogP contribution in [0.25, 0.3) is 0 Å². The van der Waals surface area contributed by atoms with Gasteiger partial charge in [-0.25, -0.2) is 0 Å². The van der Waals surface area contributed by atoms with E-state index in [1.807, 2.05) is 0 Å². The van der Waals surface area contributed by atoms with E-state index in [2.05, 4.69) is 25.7 Å². The van der Waals surface area contributed by atoms with Crippen molar-refractivity contribution in [1.29, 1.82) is 0 Å². The van der Waals surface area contributed by atoms with Crippen molar-refractivity contribution in [2.45, 2.75) is 52.1 Å². The first-order chi connectivity index (χ1) is 6.48. The highest BCUT2D eigenvalue weighted by Gasteiger charge is 2.38. The molecule has 2 rings (SSSR count). The van der Waals surface area contributed by atoms with E-state index in [0.29, 0.717) is 17.4 Å². The van der Waals surface area contributed by atoms with Crippen LogP contribution < -0.4 is 5.73 Å². The molecule has 0 amide bonds. The summed E-state index contributed by atoms with van der Waals surface area (Å²) in [5.41, 5.74) is 6.63. The van der Waals surface area contributed by atoms with Gasteiger partial charge in [-0.05, 0) is 30.6 Å². The molecule has 1 saturated carbocycles. The Morgan fingerprint density at radius 3 is 2.43 bits per heavy atom. The lowest BCUT2D eigenvalue weighted by Crippen LogP contribution is -2.34. The fourth-order valence-electron chi connectivity index (χ4n) is 3.04. The molecule has 2 fully saturated rings. The van der Waals surface area contributed by atoms with Gasteiger partial charge in [0, 0.05) is 25.2 Å². The van der Waals surface area contributed by atoms with E-state index in [1.54, 1.807) is 0 Å². The Labute approximate surface area is 87.8 Å². The van der Waals surface area contributed by atoms with Crippen LogP contribution in [0.5, 0.6) is 0 Å². The van der Waals surface area contributed by atoms with Gasteiger partial charge in [0.25, 0.3) is 0 Å². The van der Waals surface area contributed by atoms with E-state index >= 15 is 0 Å². The van der Waals surface area contributed by atoms with Crippen molar-refractivity contribution in [3.05, 3.63) is 0 Å². The molecule has 3 atom stereocenters. The van der Waals surface area contributed by atoms with Gasteiger partial charge < -0.3 is 5.73 Å². The lowest BCUT2D eigenvalue weighted by atomic mass is 9.91. The van der Waals surface area contributed by atoms with Crippen LogP contribution in [0.1, 0.15) is 40.0 Å². The maximum atomic E-state index is 6.06. The summed E-state index contributed by atoms with van der Waals surface area (Å²) in [6.07, 6.45) is 4.14. The first-order valence-corrected chi connectivity index (χ1v) is 5.97. The first kappa shape index (κ1) is 10.4. The van der Waals surface area contributed by atoms with Crippen LogP contribution in [0.3, 0.4) is 0 Å². The van der Waals surface area contributed by atoms with Gasteiger partial charge in [0.2, 0.25) is 0 Å². The molecule has 0 aromatic carbocycles. The molecule has 0 radical (unpaired) electrons. The van der Waals surface area contributed by atoms with Gasteiger partial charge in [-0.3, -0.25) is 4.90 Å². The summed E-state index contributed by atoms with van der Waals surface area (Å²) in [6, 6.07) is 1.24. The molecule has 82 valence electrons. The molecular formula is C12H24N2. The van der Waals surface area contributed by atoms with Gasteiger partial charge in [-0.1, -0.05) is 20.8 Å². The standard InChI is InChI=1S/C12H24N2/c1-9-7-14(8-11(9)13)10-4-5-12(2,3)6-10/h9-11H,4-8,13H2,1-3H3. The zero-order valence-electron chi connectivity index (χ0n) is 9.79. The van der Waals surface area contributed by atoms with Gasteiger partial charge in [-0.15, -0.1) is 0 Å². The second-order valence-corrected chi connectivity index (χ2v) is 6.16. The zero-order chi connectivity index (χ0) is 10.3. The number of hydrogen-bond acceptors (Lipinski definition) is 2. The quantitative estimate of drug-likeness (QED) is 0.693. The van der Waals surface area contributed by atoms with Crippen LogP contribution in [0, 0.1) is 11.3 Å². The van der Waals surface area contributed by atoms with Crippen LogP contribution in [0.2, 0.25) is 0 Å². The molecule has 3 unspecified atom stereocenters. The van der Waals surface area contributed by atoms with Crippen LogP contribution in [0.4, 0.5) is 0 Å². The monoisotopic (exact) mass is 196 g/mol. The van der Waals surface area contributed by atoms with Gasteiger partial charge >= 0.3 is 0 Å².